The number of aliphatic carboxylic acids is 1. The number of benzene rings is 2. The van der Waals surface area contributed by atoms with Gasteiger partial charge in [-0.25, -0.2) is 4.79 Å². The second-order valence-corrected chi connectivity index (χ2v) is 7.61. The molecule has 0 saturated carbocycles. The van der Waals surface area contributed by atoms with Crippen molar-refractivity contribution in [2.24, 2.45) is 0 Å². The van der Waals surface area contributed by atoms with Gasteiger partial charge in [0.15, 0.2) is 0 Å². The van der Waals surface area contributed by atoms with Crippen molar-refractivity contribution in [1.82, 2.24) is 5.32 Å². The molecule has 0 spiro atoms. The van der Waals surface area contributed by atoms with Gasteiger partial charge in [-0.1, -0.05) is 53.5 Å². The Hall–Kier alpha value is -2.08. The molecule has 0 unspecified atom stereocenters. The van der Waals surface area contributed by atoms with E-state index < -0.39 is 17.9 Å². The van der Waals surface area contributed by atoms with Gasteiger partial charge in [-0.15, -0.1) is 0 Å². The first-order valence-corrected chi connectivity index (χ1v) is 9.85. The standard InChI is InChI=1S/C21H21Cl2NO4/c22-16-2-1-3-17(23)19(16)20(25)24-18(21(26)27)12-13-4-6-14(7-5-13)15-8-10-28-11-9-15/h1-7,15,18H,8-12H2,(H,24,25)(H,26,27)/t18-/m0/s1. The Bertz CT molecular complexity index is 828. The van der Waals surface area contributed by atoms with E-state index >= 15 is 0 Å². The fraction of sp³-hybridized carbons (Fsp3) is 0.333. The Morgan fingerprint density at radius 3 is 2.25 bits per heavy atom. The second-order valence-electron chi connectivity index (χ2n) is 6.79. The van der Waals surface area contributed by atoms with E-state index in [4.69, 9.17) is 27.9 Å². The number of nitrogens with one attached hydrogen (secondary N) is 1. The van der Waals surface area contributed by atoms with Gasteiger partial charge >= 0.3 is 5.97 Å². The first-order chi connectivity index (χ1) is 13.5. The van der Waals surface area contributed by atoms with Gasteiger partial charge in [0, 0.05) is 19.6 Å². The van der Waals surface area contributed by atoms with Crippen LogP contribution in [0.5, 0.6) is 0 Å². The predicted octanol–water partition coefficient (Wildman–Crippen LogP) is 4.31. The summed E-state index contributed by atoms with van der Waals surface area (Å²) >= 11 is 12.1. The number of carboxylic acid groups (broad SMARTS) is 1. The molecule has 2 aromatic rings. The third-order valence-electron chi connectivity index (χ3n) is 4.91. The number of carbonyl (C=O) groups is 2. The van der Waals surface area contributed by atoms with E-state index in [1.165, 1.54) is 17.7 Å². The van der Waals surface area contributed by atoms with Crippen LogP contribution in [0, 0.1) is 0 Å². The minimum absolute atomic E-state index is 0.0759. The third-order valence-corrected chi connectivity index (χ3v) is 5.54. The Kier molecular flexibility index (Phi) is 6.94. The molecular formula is C21H21Cl2NO4. The highest BCUT2D eigenvalue weighted by atomic mass is 35.5. The van der Waals surface area contributed by atoms with Crippen LogP contribution >= 0.6 is 23.2 Å². The van der Waals surface area contributed by atoms with E-state index in [1.54, 1.807) is 6.07 Å². The van der Waals surface area contributed by atoms with Crippen LogP contribution < -0.4 is 5.32 Å². The maximum absolute atomic E-state index is 12.5. The molecule has 3 rings (SSSR count). The van der Waals surface area contributed by atoms with Crippen LogP contribution in [0.4, 0.5) is 0 Å². The Balaban J connectivity index is 1.69. The molecule has 1 fully saturated rings. The van der Waals surface area contributed by atoms with Crippen LogP contribution in [-0.2, 0) is 16.0 Å². The summed E-state index contributed by atoms with van der Waals surface area (Å²) in [4.78, 5) is 24.2. The van der Waals surface area contributed by atoms with Crippen molar-refractivity contribution in [2.75, 3.05) is 13.2 Å². The summed E-state index contributed by atoms with van der Waals surface area (Å²) in [7, 11) is 0. The van der Waals surface area contributed by atoms with Gasteiger partial charge in [-0.05, 0) is 42.0 Å². The lowest BCUT2D eigenvalue weighted by molar-refractivity contribution is -0.139. The monoisotopic (exact) mass is 421 g/mol. The van der Waals surface area contributed by atoms with Crippen molar-refractivity contribution < 1.29 is 19.4 Å². The first-order valence-electron chi connectivity index (χ1n) is 9.10. The molecule has 28 heavy (non-hydrogen) atoms. The van der Waals surface area contributed by atoms with Crippen LogP contribution in [0.2, 0.25) is 10.0 Å². The summed E-state index contributed by atoms with van der Waals surface area (Å²) in [5.74, 6) is -1.26. The summed E-state index contributed by atoms with van der Waals surface area (Å²) in [6.45, 7) is 1.54. The van der Waals surface area contributed by atoms with E-state index in [2.05, 4.69) is 5.32 Å². The second kappa shape index (κ2) is 9.41. The number of rotatable bonds is 6. The minimum Gasteiger partial charge on any atom is -0.480 e. The fourth-order valence-electron chi connectivity index (χ4n) is 3.34. The zero-order valence-electron chi connectivity index (χ0n) is 15.2. The van der Waals surface area contributed by atoms with E-state index in [1.807, 2.05) is 24.3 Å². The molecule has 0 aromatic heterocycles. The van der Waals surface area contributed by atoms with Crippen LogP contribution in [0.3, 0.4) is 0 Å². The molecule has 1 atom stereocenters. The molecule has 5 nitrogen and oxygen atoms in total. The van der Waals surface area contributed by atoms with Crippen molar-refractivity contribution in [3.05, 3.63) is 69.2 Å². The van der Waals surface area contributed by atoms with Crippen molar-refractivity contribution >= 4 is 35.1 Å². The summed E-state index contributed by atoms with van der Waals surface area (Å²) < 4.78 is 5.39. The summed E-state index contributed by atoms with van der Waals surface area (Å²) in [5, 5.41) is 12.4. The van der Waals surface area contributed by atoms with Gasteiger partial charge < -0.3 is 15.2 Å². The molecule has 0 bridgehead atoms. The first kappa shape index (κ1) is 20.6. The predicted molar refractivity (Wildman–Crippen MR) is 108 cm³/mol. The van der Waals surface area contributed by atoms with E-state index in [0.29, 0.717) is 5.92 Å². The van der Waals surface area contributed by atoms with Crippen LogP contribution in [-0.4, -0.2) is 36.2 Å². The van der Waals surface area contributed by atoms with Gasteiger partial charge in [0.25, 0.3) is 5.91 Å². The molecule has 1 heterocycles. The molecule has 0 aliphatic carbocycles. The van der Waals surface area contributed by atoms with Crippen molar-refractivity contribution in [2.45, 2.75) is 31.2 Å². The maximum Gasteiger partial charge on any atom is 0.326 e. The van der Waals surface area contributed by atoms with E-state index in [0.717, 1.165) is 31.6 Å². The summed E-state index contributed by atoms with van der Waals surface area (Å²) in [6.07, 6.45) is 2.15. The number of amides is 1. The number of hydrogen-bond acceptors (Lipinski definition) is 3. The Labute approximate surface area is 173 Å². The van der Waals surface area contributed by atoms with Crippen LogP contribution in [0.1, 0.15) is 40.2 Å². The average molecular weight is 422 g/mol. The lowest BCUT2D eigenvalue weighted by atomic mass is 9.90. The van der Waals surface area contributed by atoms with Crippen molar-refractivity contribution in [3.8, 4) is 0 Å². The highest BCUT2D eigenvalue weighted by Gasteiger charge is 2.24. The summed E-state index contributed by atoms with van der Waals surface area (Å²) in [6, 6.07) is 11.5. The summed E-state index contributed by atoms with van der Waals surface area (Å²) in [5.41, 5.74) is 2.13. The Morgan fingerprint density at radius 1 is 1.07 bits per heavy atom. The highest BCUT2D eigenvalue weighted by Crippen LogP contribution is 2.27. The zero-order valence-corrected chi connectivity index (χ0v) is 16.7. The molecule has 148 valence electrons. The maximum atomic E-state index is 12.5. The van der Waals surface area contributed by atoms with Gasteiger partial charge in [-0.2, -0.15) is 0 Å². The highest BCUT2D eigenvalue weighted by molar-refractivity contribution is 6.39. The molecule has 1 aliphatic heterocycles. The van der Waals surface area contributed by atoms with Crippen molar-refractivity contribution in [3.63, 3.8) is 0 Å². The molecule has 1 amide bonds. The number of ether oxygens (including phenoxy) is 1. The lowest BCUT2D eigenvalue weighted by Crippen LogP contribution is -2.42. The molecule has 0 radical (unpaired) electrons. The van der Waals surface area contributed by atoms with Gasteiger partial charge in [-0.3, -0.25) is 4.79 Å². The molecule has 1 saturated heterocycles. The van der Waals surface area contributed by atoms with E-state index in [9.17, 15) is 14.7 Å². The molecule has 7 heteroatoms. The van der Waals surface area contributed by atoms with Crippen LogP contribution in [0.15, 0.2) is 42.5 Å². The smallest absolute Gasteiger partial charge is 0.326 e. The van der Waals surface area contributed by atoms with Gasteiger partial charge in [0.05, 0.1) is 15.6 Å². The fourth-order valence-corrected chi connectivity index (χ4v) is 3.91. The lowest BCUT2D eigenvalue weighted by Gasteiger charge is -2.22. The number of carboxylic acids is 1. The number of carbonyl (C=O) groups excluding carboxylic acids is 1. The minimum atomic E-state index is -1.12. The molecule has 2 aromatic carbocycles. The number of hydrogen-bond donors (Lipinski definition) is 2. The molecule has 1 aliphatic rings. The number of halogens is 2. The zero-order chi connectivity index (χ0) is 20.1. The molecular weight excluding hydrogens is 401 g/mol. The van der Waals surface area contributed by atoms with Gasteiger partial charge in [0.2, 0.25) is 0 Å². The average Bonchev–Trinajstić information content (AvgIpc) is 2.68. The topological polar surface area (TPSA) is 75.6 Å². The van der Waals surface area contributed by atoms with Crippen molar-refractivity contribution in [1.29, 1.82) is 0 Å². The third kappa shape index (κ3) is 5.04. The van der Waals surface area contributed by atoms with Gasteiger partial charge in [0.1, 0.15) is 6.04 Å². The normalized spacial score (nSPS) is 15.8. The SMILES string of the molecule is O=C(N[C@@H](Cc1ccc(C2CCOCC2)cc1)C(=O)O)c1c(Cl)cccc1Cl. The molecule has 2 N–H and O–H groups in total. The van der Waals surface area contributed by atoms with Crippen LogP contribution in [0.25, 0.3) is 0 Å². The van der Waals surface area contributed by atoms with E-state index in [-0.39, 0.29) is 22.0 Å². The Morgan fingerprint density at radius 2 is 1.68 bits per heavy atom. The quantitative estimate of drug-likeness (QED) is 0.728. The largest absolute Gasteiger partial charge is 0.480 e.